The van der Waals surface area contributed by atoms with Gasteiger partial charge in [-0.1, -0.05) is 99.3 Å². The molecule has 0 radical (unpaired) electrons. The van der Waals surface area contributed by atoms with E-state index in [0.29, 0.717) is 23.1 Å². The van der Waals surface area contributed by atoms with Gasteiger partial charge in [-0.2, -0.15) is 0 Å². The molecule has 0 bridgehead atoms. The van der Waals surface area contributed by atoms with Gasteiger partial charge >= 0.3 is 0 Å². The van der Waals surface area contributed by atoms with Gasteiger partial charge in [0.2, 0.25) is 5.91 Å². The van der Waals surface area contributed by atoms with Crippen molar-refractivity contribution in [2.75, 3.05) is 6.61 Å². The van der Waals surface area contributed by atoms with Crippen LogP contribution in [0.1, 0.15) is 68.6 Å². The maximum atomic E-state index is 13.8. The summed E-state index contributed by atoms with van der Waals surface area (Å²) in [6, 6.07) is 24.6. The number of benzene rings is 3. The first-order valence-electron chi connectivity index (χ1n) is 14.0. The van der Waals surface area contributed by atoms with E-state index in [1.165, 1.54) is 12.0 Å². The Morgan fingerprint density at radius 1 is 0.897 bits per heavy atom. The Balaban J connectivity index is 1.58. The lowest BCUT2D eigenvalue weighted by Gasteiger charge is -2.33. The molecule has 0 unspecified atom stereocenters. The molecule has 2 amide bonds. The molecule has 1 fully saturated rings. The summed E-state index contributed by atoms with van der Waals surface area (Å²) in [5.41, 5.74) is 3.11. The number of halogens is 1. The van der Waals surface area contributed by atoms with Crippen LogP contribution < -0.4 is 10.1 Å². The molecule has 0 saturated heterocycles. The number of hydrogen-bond donors (Lipinski definition) is 1. The summed E-state index contributed by atoms with van der Waals surface area (Å²) >= 11 is 6.12. The average Bonchev–Trinajstić information content (AvgIpc) is 2.96. The molecule has 4 rings (SSSR count). The predicted octanol–water partition coefficient (Wildman–Crippen LogP) is 6.93. The third-order valence-corrected chi connectivity index (χ3v) is 7.65. The Morgan fingerprint density at radius 2 is 1.56 bits per heavy atom. The Hall–Kier alpha value is -3.31. The highest BCUT2D eigenvalue weighted by molar-refractivity contribution is 6.30. The molecule has 0 heterocycles. The van der Waals surface area contributed by atoms with E-state index in [9.17, 15) is 9.59 Å². The molecular weight excluding hydrogens is 508 g/mol. The number of rotatable bonds is 11. The van der Waals surface area contributed by atoms with Gasteiger partial charge in [0.15, 0.2) is 6.61 Å². The van der Waals surface area contributed by atoms with Gasteiger partial charge < -0.3 is 15.0 Å². The number of carbonyl (C=O) groups excluding carboxylic acids is 2. The van der Waals surface area contributed by atoms with Crippen LogP contribution in [0.15, 0.2) is 78.9 Å². The van der Waals surface area contributed by atoms with Gasteiger partial charge in [-0.3, -0.25) is 9.59 Å². The van der Waals surface area contributed by atoms with Crippen LogP contribution in [-0.4, -0.2) is 35.4 Å². The van der Waals surface area contributed by atoms with Crippen molar-refractivity contribution in [3.63, 3.8) is 0 Å². The van der Waals surface area contributed by atoms with Crippen molar-refractivity contribution in [3.05, 3.63) is 101 Å². The third-order valence-electron chi connectivity index (χ3n) is 7.40. The fourth-order valence-corrected chi connectivity index (χ4v) is 5.19. The lowest BCUT2D eigenvalue weighted by molar-refractivity contribution is -0.143. The molecule has 3 aromatic carbocycles. The molecule has 39 heavy (non-hydrogen) atoms. The molecule has 0 spiro atoms. The highest BCUT2D eigenvalue weighted by atomic mass is 35.5. The van der Waals surface area contributed by atoms with Crippen molar-refractivity contribution in [1.29, 1.82) is 0 Å². The lowest BCUT2D eigenvalue weighted by atomic mass is 9.94. The molecule has 1 aliphatic carbocycles. The maximum absolute atomic E-state index is 13.8. The maximum Gasteiger partial charge on any atom is 0.261 e. The zero-order valence-corrected chi connectivity index (χ0v) is 23.7. The molecule has 6 heteroatoms. The van der Waals surface area contributed by atoms with E-state index in [2.05, 4.69) is 19.2 Å². The summed E-state index contributed by atoms with van der Waals surface area (Å²) < 4.78 is 5.93. The minimum absolute atomic E-state index is 0.116. The highest BCUT2D eigenvalue weighted by Gasteiger charge is 2.32. The molecule has 1 aliphatic rings. The highest BCUT2D eigenvalue weighted by Crippen LogP contribution is 2.22. The molecule has 0 aromatic heterocycles. The van der Waals surface area contributed by atoms with Gasteiger partial charge in [-0.05, 0) is 59.7 Å². The molecule has 1 N–H and O–H groups in total. The second kappa shape index (κ2) is 14.2. The number of nitrogens with zero attached hydrogens (tertiary/aromatic N) is 1. The molecule has 1 saturated carbocycles. The summed E-state index contributed by atoms with van der Waals surface area (Å²) in [6.07, 6.45) is 5.81. The van der Waals surface area contributed by atoms with Crippen molar-refractivity contribution in [2.24, 2.45) is 0 Å². The second-order valence-electron chi connectivity index (χ2n) is 10.7. The first kappa shape index (κ1) is 28.7. The van der Waals surface area contributed by atoms with Gasteiger partial charge in [0, 0.05) is 24.0 Å². The van der Waals surface area contributed by atoms with Crippen LogP contribution in [0.2, 0.25) is 5.02 Å². The zero-order chi connectivity index (χ0) is 27.6. The summed E-state index contributed by atoms with van der Waals surface area (Å²) in [6.45, 7) is 4.40. The Bertz CT molecular complexity index is 1190. The number of amides is 2. The van der Waals surface area contributed by atoms with Crippen molar-refractivity contribution < 1.29 is 14.3 Å². The summed E-state index contributed by atoms with van der Waals surface area (Å²) in [7, 11) is 0. The standard InChI is InChI=1S/C33H39ClN2O3/c1-24(2)27-15-19-30(20-16-27)39-23-32(37)36(22-26-13-17-28(34)18-14-26)31(21-25-9-5-3-6-10-25)33(38)35-29-11-7-4-8-12-29/h3,5-6,9-10,13-20,24,29,31H,4,7-8,11-12,21-23H2,1-2H3,(H,35,38)/t31-/m1/s1. The summed E-state index contributed by atoms with van der Waals surface area (Å²) in [5, 5.41) is 3.89. The first-order chi connectivity index (χ1) is 18.9. The minimum Gasteiger partial charge on any atom is -0.484 e. The molecule has 3 aromatic rings. The van der Waals surface area contributed by atoms with Crippen LogP contribution in [0.5, 0.6) is 5.75 Å². The largest absolute Gasteiger partial charge is 0.484 e. The Kier molecular flexibility index (Phi) is 10.4. The monoisotopic (exact) mass is 546 g/mol. The first-order valence-corrected chi connectivity index (χ1v) is 14.4. The Morgan fingerprint density at radius 3 is 2.21 bits per heavy atom. The fraction of sp³-hybridized carbons (Fsp3) is 0.394. The van der Waals surface area contributed by atoms with Crippen molar-refractivity contribution in [3.8, 4) is 5.75 Å². The van der Waals surface area contributed by atoms with Gasteiger partial charge in [0.05, 0.1) is 0 Å². The van der Waals surface area contributed by atoms with E-state index in [1.807, 2.05) is 66.7 Å². The summed E-state index contributed by atoms with van der Waals surface area (Å²) in [4.78, 5) is 29.3. The van der Waals surface area contributed by atoms with E-state index >= 15 is 0 Å². The zero-order valence-electron chi connectivity index (χ0n) is 22.9. The van der Waals surface area contributed by atoms with Crippen molar-refractivity contribution in [2.45, 2.75) is 76.9 Å². The minimum atomic E-state index is -0.676. The number of nitrogens with one attached hydrogen (secondary N) is 1. The molecule has 5 nitrogen and oxygen atoms in total. The van der Waals surface area contributed by atoms with Crippen LogP contribution >= 0.6 is 11.6 Å². The van der Waals surface area contributed by atoms with Crippen LogP contribution in [0.4, 0.5) is 0 Å². The molecule has 1 atom stereocenters. The number of ether oxygens (including phenoxy) is 1. The topological polar surface area (TPSA) is 58.6 Å². The van der Waals surface area contributed by atoms with E-state index < -0.39 is 6.04 Å². The number of hydrogen-bond acceptors (Lipinski definition) is 3. The van der Waals surface area contributed by atoms with E-state index in [-0.39, 0.29) is 31.0 Å². The smallest absolute Gasteiger partial charge is 0.261 e. The van der Waals surface area contributed by atoms with E-state index in [1.54, 1.807) is 17.0 Å². The Labute approximate surface area is 237 Å². The van der Waals surface area contributed by atoms with Crippen molar-refractivity contribution >= 4 is 23.4 Å². The quantitative estimate of drug-likeness (QED) is 0.283. The SMILES string of the molecule is CC(C)c1ccc(OCC(=O)N(Cc2ccc(Cl)cc2)[C@H](Cc2ccccc2)C(=O)NC2CCCCC2)cc1. The average molecular weight is 547 g/mol. The van der Waals surface area contributed by atoms with Gasteiger partial charge in [0.25, 0.3) is 5.91 Å². The van der Waals surface area contributed by atoms with E-state index in [0.717, 1.165) is 36.8 Å². The van der Waals surface area contributed by atoms with E-state index in [4.69, 9.17) is 16.3 Å². The fourth-order valence-electron chi connectivity index (χ4n) is 5.06. The van der Waals surface area contributed by atoms with Crippen LogP contribution in [-0.2, 0) is 22.6 Å². The lowest BCUT2D eigenvalue weighted by Crippen LogP contribution is -2.53. The van der Waals surface area contributed by atoms with Crippen LogP contribution in [0.25, 0.3) is 0 Å². The van der Waals surface area contributed by atoms with Crippen molar-refractivity contribution in [1.82, 2.24) is 10.2 Å². The van der Waals surface area contributed by atoms with Crippen LogP contribution in [0.3, 0.4) is 0 Å². The van der Waals surface area contributed by atoms with Gasteiger partial charge in [-0.25, -0.2) is 0 Å². The van der Waals surface area contributed by atoms with Gasteiger partial charge in [-0.15, -0.1) is 0 Å². The van der Waals surface area contributed by atoms with Gasteiger partial charge in [0.1, 0.15) is 11.8 Å². The molecule has 0 aliphatic heterocycles. The molecule has 206 valence electrons. The normalized spacial score (nSPS) is 14.6. The number of carbonyl (C=O) groups is 2. The summed E-state index contributed by atoms with van der Waals surface area (Å²) in [5.74, 6) is 0.689. The molecular formula is C33H39ClN2O3. The second-order valence-corrected chi connectivity index (χ2v) is 11.1. The van der Waals surface area contributed by atoms with Crippen LogP contribution in [0, 0.1) is 0 Å². The predicted molar refractivity (Wildman–Crippen MR) is 157 cm³/mol. The third kappa shape index (κ3) is 8.59.